The normalized spacial score (nSPS) is 16.0. The van der Waals surface area contributed by atoms with Gasteiger partial charge in [0.1, 0.15) is 48.4 Å². The largest absolute Gasteiger partial charge is 0.494 e. The van der Waals surface area contributed by atoms with E-state index in [2.05, 4.69) is 20.9 Å². The van der Waals surface area contributed by atoms with Crippen LogP contribution in [0.1, 0.15) is 48.6 Å². The van der Waals surface area contributed by atoms with Crippen LogP contribution >= 0.6 is 0 Å². The van der Waals surface area contributed by atoms with Crippen molar-refractivity contribution in [1.29, 1.82) is 0 Å². The molecule has 1 aromatic heterocycles. The first kappa shape index (κ1) is 40.4. The number of hydrogen-bond donors (Lipinski definition) is 3. The van der Waals surface area contributed by atoms with Gasteiger partial charge in [-0.1, -0.05) is 55.8 Å². The highest BCUT2D eigenvalue weighted by atomic mass is 19.1. The fourth-order valence-electron chi connectivity index (χ4n) is 6.53. The van der Waals surface area contributed by atoms with Crippen molar-refractivity contribution in [3.63, 3.8) is 0 Å². The van der Waals surface area contributed by atoms with Crippen LogP contribution in [-0.4, -0.2) is 59.1 Å². The zero-order valence-corrected chi connectivity index (χ0v) is 31.9. The lowest BCUT2D eigenvalue weighted by molar-refractivity contribution is -0.132. The van der Waals surface area contributed by atoms with E-state index in [0.717, 1.165) is 29.7 Å². The Morgan fingerprint density at radius 3 is 2.46 bits per heavy atom. The number of carbonyl (C=O) groups is 3. The minimum Gasteiger partial charge on any atom is -0.494 e. The number of halogens is 2. The minimum absolute atomic E-state index is 0.115. The van der Waals surface area contributed by atoms with Crippen LogP contribution in [0.3, 0.4) is 0 Å². The summed E-state index contributed by atoms with van der Waals surface area (Å²) in [6, 6.07) is 24.7. The van der Waals surface area contributed by atoms with Gasteiger partial charge in [0, 0.05) is 30.6 Å². The number of rotatable bonds is 9. The minimum atomic E-state index is -1.07. The summed E-state index contributed by atoms with van der Waals surface area (Å²) in [5.41, 5.74) is 4.42. The van der Waals surface area contributed by atoms with E-state index >= 15 is 0 Å². The molecular formula is C45H47F2N5O5. The summed E-state index contributed by atoms with van der Waals surface area (Å²) in [4.78, 5) is 46.1. The maximum absolute atomic E-state index is 14.2. The van der Waals surface area contributed by atoms with Crippen molar-refractivity contribution in [1.82, 2.24) is 25.5 Å². The molecule has 296 valence electrons. The molecule has 0 radical (unpaired) electrons. The molecule has 57 heavy (non-hydrogen) atoms. The summed E-state index contributed by atoms with van der Waals surface area (Å²) >= 11 is 0. The summed E-state index contributed by atoms with van der Waals surface area (Å²) < 4.78 is 41.4. The van der Waals surface area contributed by atoms with Gasteiger partial charge in [-0.05, 0) is 103 Å². The van der Waals surface area contributed by atoms with Crippen LogP contribution in [0.15, 0.2) is 109 Å². The Hall–Kier alpha value is -6.30. The second-order valence-corrected chi connectivity index (χ2v) is 13.9. The SMILES string of the molecule is CCCCNC(=O)[C@H](Cc1ccc(F)cc1)NC(=O)[C@@H]1Cc2ccc(cc2)OC/C=C\c2cccc(c2)OCCCc2c(-c3ccc(F)cc3)ncn2CC(=O)N1. The highest BCUT2D eigenvalue weighted by Gasteiger charge is 2.28. The van der Waals surface area contributed by atoms with Crippen molar-refractivity contribution in [2.24, 2.45) is 0 Å². The molecule has 2 aliphatic rings. The summed E-state index contributed by atoms with van der Waals surface area (Å²) in [6.45, 7) is 2.99. The van der Waals surface area contributed by atoms with E-state index in [0.29, 0.717) is 60.9 Å². The molecule has 0 saturated heterocycles. The van der Waals surface area contributed by atoms with Crippen molar-refractivity contribution in [3.05, 3.63) is 143 Å². The van der Waals surface area contributed by atoms with Crippen molar-refractivity contribution in [2.75, 3.05) is 19.8 Å². The molecule has 10 nitrogen and oxygen atoms in total. The first-order valence-electron chi connectivity index (χ1n) is 19.3. The molecule has 2 atom stereocenters. The molecular weight excluding hydrogens is 729 g/mol. The third-order valence-electron chi connectivity index (χ3n) is 9.55. The Bertz CT molecular complexity index is 2140. The van der Waals surface area contributed by atoms with Crippen molar-refractivity contribution in [3.8, 4) is 22.8 Å². The maximum atomic E-state index is 14.2. The molecule has 0 saturated carbocycles. The molecule has 0 fully saturated rings. The lowest BCUT2D eigenvalue weighted by Gasteiger charge is -2.24. The van der Waals surface area contributed by atoms with Crippen LogP contribution in [0.5, 0.6) is 11.5 Å². The number of ether oxygens (including phenoxy) is 2. The number of carbonyl (C=O) groups excluding carboxylic acids is 3. The summed E-state index contributed by atoms with van der Waals surface area (Å²) in [5, 5.41) is 8.68. The number of nitrogens with zero attached hydrogens (tertiary/aromatic N) is 2. The Kier molecular flexibility index (Phi) is 14.2. The lowest BCUT2D eigenvalue weighted by atomic mass is 10.0. The van der Waals surface area contributed by atoms with Gasteiger partial charge in [0.25, 0.3) is 0 Å². The van der Waals surface area contributed by atoms with Crippen molar-refractivity contribution in [2.45, 2.75) is 64.1 Å². The van der Waals surface area contributed by atoms with Gasteiger partial charge in [-0.25, -0.2) is 13.8 Å². The molecule has 7 rings (SSSR count). The van der Waals surface area contributed by atoms with E-state index in [4.69, 9.17) is 9.47 Å². The average Bonchev–Trinajstić information content (AvgIpc) is 3.60. The molecule has 4 aromatic carbocycles. The smallest absolute Gasteiger partial charge is 0.243 e. The molecule has 3 N–H and O–H groups in total. The number of unbranched alkanes of at least 4 members (excludes halogenated alkanes) is 1. The van der Waals surface area contributed by atoms with Gasteiger partial charge in [-0.2, -0.15) is 0 Å². The zero-order chi connectivity index (χ0) is 40.0. The van der Waals surface area contributed by atoms with Gasteiger partial charge >= 0.3 is 0 Å². The topological polar surface area (TPSA) is 124 Å². The predicted octanol–water partition coefficient (Wildman–Crippen LogP) is 6.62. The standard InChI is InChI=1S/C45H47F2N5O5/c1-2-3-23-48-44(54)39(27-32-11-17-35(46)18-12-32)51-45(55)40-28-33-13-21-37(22-14-33)56-24-5-8-31-7-4-9-38(26-31)57-25-6-10-41-43(34-15-19-36(47)20-16-34)49-30-52(41)29-42(53)50-40/h4-5,7-9,11-22,26,30,39-40H,2-3,6,10,23-25,27-29H2,1H3,(H,48,54)(H,50,53)(H,51,55)/b8-5-/t39-,40-/m0/s1. The maximum Gasteiger partial charge on any atom is 0.243 e. The van der Waals surface area contributed by atoms with Gasteiger partial charge < -0.3 is 30.0 Å². The monoisotopic (exact) mass is 775 g/mol. The highest BCUT2D eigenvalue weighted by molar-refractivity contribution is 5.92. The van der Waals surface area contributed by atoms with Gasteiger partial charge in [0.05, 0.1) is 18.6 Å². The number of nitrogens with one attached hydrogen (secondary N) is 3. The predicted molar refractivity (Wildman–Crippen MR) is 214 cm³/mol. The summed E-state index contributed by atoms with van der Waals surface area (Å²) in [7, 11) is 0. The number of aromatic nitrogens is 2. The Morgan fingerprint density at radius 2 is 1.70 bits per heavy atom. The first-order chi connectivity index (χ1) is 27.7. The van der Waals surface area contributed by atoms with Crippen LogP contribution in [0.4, 0.5) is 8.78 Å². The Morgan fingerprint density at radius 1 is 0.947 bits per heavy atom. The van der Waals surface area contributed by atoms with E-state index in [9.17, 15) is 23.2 Å². The molecule has 2 aliphatic heterocycles. The molecule has 5 aromatic rings. The van der Waals surface area contributed by atoms with Crippen LogP contribution in [0, 0.1) is 11.6 Å². The number of imidazole rings is 1. The third-order valence-corrected chi connectivity index (χ3v) is 9.55. The fraction of sp³-hybridized carbons (Fsp3) is 0.289. The molecule has 3 heterocycles. The van der Waals surface area contributed by atoms with Gasteiger partial charge in [-0.3, -0.25) is 14.4 Å². The van der Waals surface area contributed by atoms with E-state index in [-0.39, 0.29) is 31.1 Å². The molecule has 0 aliphatic carbocycles. The second kappa shape index (κ2) is 20.0. The Balaban J connectivity index is 1.29. The highest BCUT2D eigenvalue weighted by Crippen LogP contribution is 2.25. The molecule has 0 spiro atoms. The van der Waals surface area contributed by atoms with Crippen LogP contribution in [0.25, 0.3) is 17.3 Å². The quantitative estimate of drug-likeness (QED) is 0.145. The van der Waals surface area contributed by atoms with Gasteiger partial charge in [0.2, 0.25) is 17.7 Å². The second-order valence-electron chi connectivity index (χ2n) is 13.9. The summed E-state index contributed by atoms with van der Waals surface area (Å²) in [6.07, 6.45) is 8.38. The number of benzene rings is 4. The first-order valence-corrected chi connectivity index (χ1v) is 19.3. The fourth-order valence-corrected chi connectivity index (χ4v) is 6.53. The third kappa shape index (κ3) is 11.8. The number of fused-ring (bicyclic) bond motifs is 11. The molecule has 4 bridgehead atoms. The van der Waals surface area contributed by atoms with E-state index < -0.39 is 29.7 Å². The van der Waals surface area contributed by atoms with E-state index in [1.54, 1.807) is 47.3 Å². The molecule has 3 amide bonds. The lowest BCUT2D eigenvalue weighted by Crippen LogP contribution is -2.55. The number of hydrogen-bond acceptors (Lipinski definition) is 6. The number of amides is 3. The summed E-state index contributed by atoms with van der Waals surface area (Å²) in [5.74, 6) is -0.839. The van der Waals surface area contributed by atoms with Gasteiger partial charge in [0.15, 0.2) is 0 Å². The molecule has 12 heteroatoms. The Labute approximate surface area is 331 Å². The van der Waals surface area contributed by atoms with Crippen LogP contribution in [0.2, 0.25) is 0 Å². The van der Waals surface area contributed by atoms with Crippen molar-refractivity contribution < 1.29 is 32.6 Å². The average molecular weight is 776 g/mol. The van der Waals surface area contributed by atoms with Gasteiger partial charge in [-0.15, -0.1) is 0 Å². The van der Waals surface area contributed by atoms with Crippen molar-refractivity contribution >= 4 is 23.8 Å². The zero-order valence-electron chi connectivity index (χ0n) is 31.9. The van der Waals surface area contributed by atoms with Crippen LogP contribution < -0.4 is 25.4 Å². The van der Waals surface area contributed by atoms with E-state index in [1.807, 2.05) is 55.5 Å². The van der Waals surface area contributed by atoms with E-state index in [1.165, 1.54) is 24.3 Å². The van der Waals surface area contributed by atoms with Crippen LogP contribution in [-0.2, 0) is 40.2 Å². The molecule has 0 unspecified atom stereocenters.